The lowest BCUT2D eigenvalue weighted by Gasteiger charge is -2.08. The second kappa shape index (κ2) is 6.58. The number of ether oxygens (including phenoxy) is 1. The van der Waals surface area contributed by atoms with E-state index in [1.165, 1.54) is 12.3 Å². The lowest BCUT2D eigenvalue weighted by molar-refractivity contribution is 0.321. The Morgan fingerprint density at radius 1 is 1.39 bits per heavy atom. The molecule has 102 valence electrons. The van der Waals surface area contributed by atoms with Gasteiger partial charge >= 0.3 is 0 Å². The van der Waals surface area contributed by atoms with Crippen molar-refractivity contribution in [2.24, 2.45) is 0 Å². The fraction of sp³-hybridized carbons (Fsp3) is 0.500. The predicted molar refractivity (Wildman–Crippen MR) is 70.4 cm³/mol. The lowest BCUT2D eigenvalue weighted by atomic mass is 10.3. The Bertz CT molecular complexity index is 488. The van der Waals surface area contributed by atoms with Crippen LogP contribution >= 0.6 is 0 Å². The van der Waals surface area contributed by atoms with E-state index >= 15 is 0 Å². The molecule has 0 saturated heterocycles. The smallest absolute Gasteiger partial charge is 0.167 e. The van der Waals surface area contributed by atoms with Crippen molar-refractivity contribution in [2.45, 2.75) is 13.3 Å². The molecule has 0 spiro atoms. The Morgan fingerprint density at radius 2 is 2.11 bits per heavy atom. The summed E-state index contributed by atoms with van der Waals surface area (Å²) in [6, 6.07) is 4.59. The normalized spacial score (nSPS) is 11.3. The maximum Gasteiger partial charge on any atom is 0.167 e. The molecule has 18 heavy (non-hydrogen) atoms. The first kappa shape index (κ1) is 14.8. The van der Waals surface area contributed by atoms with Gasteiger partial charge in [-0.1, -0.05) is 0 Å². The quantitative estimate of drug-likeness (QED) is 0.774. The van der Waals surface area contributed by atoms with E-state index in [0.717, 1.165) is 0 Å². The molecule has 0 fully saturated rings. The van der Waals surface area contributed by atoms with Gasteiger partial charge < -0.3 is 10.1 Å². The summed E-state index contributed by atoms with van der Waals surface area (Å²) in [6.07, 6.45) is 1.69. The minimum absolute atomic E-state index is 0.125. The number of halogens is 1. The molecular formula is C12H18FNO3S. The first-order chi connectivity index (χ1) is 8.42. The van der Waals surface area contributed by atoms with Crippen LogP contribution < -0.4 is 10.1 Å². The topological polar surface area (TPSA) is 55.4 Å². The molecule has 1 aromatic carbocycles. The maximum atomic E-state index is 13.5. The van der Waals surface area contributed by atoms with Crippen LogP contribution in [0.25, 0.3) is 0 Å². The van der Waals surface area contributed by atoms with Crippen molar-refractivity contribution in [1.29, 1.82) is 0 Å². The van der Waals surface area contributed by atoms with E-state index < -0.39 is 15.7 Å². The predicted octanol–water partition coefficient (Wildman–Crippen LogP) is 2.07. The van der Waals surface area contributed by atoms with Crippen LogP contribution in [0, 0.1) is 5.82 Å². The number of anilines is 1. The molecule has 0 unspecified atom stereocenters. The van der Waals surface area contributed by atoms with Gasteiger partial charge in [-0.3, -0.25) is 0 Å². The Labute approximate surface area is 107 Å². The average molecular weight is 275 g/mol. The fourth-order valence-corrected chi connectivity index (χ4v) is 2.12. The van der Waals surface area contributed by atoms with Gasteiger partial charge in [-0.2, -0.15) is 0 Å². The van der Waals surface area contributed by atoms with Gasteiger partial charge in [0.05, 0.1) is 12.4 Å². The first-order valence-corrected chi connectivity index (χ1v) is 7.82. The summed E-state index contributed by atoms with van der Waals surface area (Å²) in [5.74, 6) is -0.0800. The molecule has 0 heterocycles. The highest BCUT2D eigenvalue weighted by atomic mass is 32.2. The number of benzene rings is 1. The summed E-state index contributed by atoms with van der Waals surface area (Å²) in [5, 5.41) is 2.97. The van der Waals surface area contributed by atoms with E-state index in [1.54, 1.807) is 19.1 Å². The molecular weight excluding hydrogens is 257 g/mol. The zero-order valence-corrected chi connectivity index (χ0v) is 11.4. The molecule has 1 aromatic rings. The minimum atomic E-state index is -2.93. The van der Waals surface area contributed by atoms with E-state index in [2.05, 4.69) is 5.32 Å². The molecule has 0 radical (unpaired) electrons. The van der Waals surface area contributed by atoms with Crippen LogP contribution in [0.15, 0.2) is 18.2 Å². The largest absolute Gasteiger partial charge is 0.491 e. The van der Waals surface area contributed by atoms with E-state index in [9.17, 15) is 12.8 Å². The summed E-state index contributed by atoms with van der Waals surface area (Å²) in [5.41, 5.74) is 0.615. The van der Waals surface area contributed by atoms with Crippen LogP contribution in [-0.4, -0.2) is 33.6 Å². The van der Waals surface area contributed by atoms with Crippen molar-refractivity contribution in [2.75, 3.05) is 30.5 Å². The third kappa shape index (κ3) is 5.35. The van der Waals surface area contributed by atoms with Crippen LogP contribution in [-0.2, 0) is 9.84 Å². The standard InChI is InChI=1S/C12H18FNO3S/c1-3-17-12-6-5-10(9-11(12)13)14-7-4-8-18(2,15)16/h5-6,9,14H,3-4,7-8H2,1-2H3. The first-order valence-electron chi connectivity index (χ1n) is 5.76. The molecule has 0 saturated carbocycles. The van der Waals surface area contributed by atoms with Crippen molar-refractivity contribution >= 4 is 15.5 Å². The highest BCUT2D eigenvalue weighted by molar-refractivity contribution is 7.90. The van der Waals surface area contributed by atoms with Crippen LogP contribution in [0.3, 0.4) is 0 Å². The number of nitrogens with one attached hydrogen (secondary N) is 1. The average Bonchev–Trinajstić information content (AvgIpc) is 2.27. The van der Waals surface area contributed by atoms with Crippen LogP contribution in [0.1, 0.15) is 13.3 Å². The molecule has 0 atom stereocenters. The van der Waals surface area contributed by atoms with E-state index in [1.807, 2.05) is 0 Å². The molecule has 0 aliphatic heterocycles. The summed E-state index contributed by atoms with van der Waals surface area (Å²) in [4.78, 5) is 0. The van der Waals surface area contributed by atoms with Crippen molar-refractivity contribution in [3.05, 3.63) is 24.0 Å². The maximum absolute atomic E-state index is 13.5. The monoisotopic (exact) mass is 275 g/mol. The summed E-state index contributed by atoms with van der Waals surface area (Å²) in [6.45, 7) is 2.69. The molecule has 1 rings (SSSR count). The number of rotatable bonds is 7. The van der Waals surface area contributed by atoms with Crippen molar-refractivity contribution in [3.8, 4) is 5.75 Å². The van der Waals surface area contributed by atoms with Gasteiger partial charge in [0.2, 0.25) is 0 Å². The van der Waals surface area contributed by atoms with E-state index in [0.29, 0.717) is 25.3 Å². The van der Waals surface area contributed by atoms with Crippen molar-refractivity contribution in [3.63, 3.8) is 0 Å². The van der Waals surface area contributed by atoms with Gasteiger partial charge in [0.25, 0.3) is 0 Å². The molecule has 6 heteroatoms. The molecule has 0 aromatic heterocycles. The highest BCUT2D eigenvalue weighted by Gasteiger charge is 2.04. The number of sulfone groups is 1. The van der Waals surface area contributed by atoms with Gasteiger partial charge in [0, 0.05) is 24.6 Å². The Hall–Kier alpha value is -1.30. The molecule has 0 amide bonds. The number of hydrogen-bond donors (Lipinski definition) is 1. The highest BCUT2D eigenvalue weighted by Crippen LogP contribution is 2.20. The fourth-order valence-electron chi connectivity index (χ4n) is 1.45. The second-order valence-electron chi connectivity index (χ2n) is 3.99. The van der Waals surface area contributed by atoms with Gasteiger partial charge in [0.15, 0.2) is 11.6 Å². The third-order valence-electron chi connectivity index (χ3n) is 2.25. The van der Waals surface area contributed by atoms with Crippen molar-refractivity contribution in [1.82, 2.24) is 0 Å². The Morgan fingerprint density at radius 3 is 2.67 bits per heavy atom. The zero-order chi connectivity index (χ0) is 13.6. The third-order valence-corrected chi connectivity index (χ3v) is 3.28. The van der Waals surface area contributed by atoms with Crippen LogP contribution in [0.4, 0.5) is 10.1 Å². The Kier molecular flexibility index (Phi) is 5.40. The zero-order valence-electron chi connectivity index (χ0n) is 10.6. The van der Waals surface area contributed by atoms with Crippen LogP contribution in [0.2, 0.25) is 0 Å². The summed E-state index contributed by atoms with van der Waals surface area (Å²) in [7, 11) is -2.93. The Balaban J connectivity index is 2.46. The molecule has 0 bridgehead atoms. The molecule has 4 nitrogen and oxygen atoms in total. The molecule has 1 N–H and O–H groups in total. The minimum Gasteiger partial charge on any atom is -0.491 e. The van der Waals surface area contributed by atoms with E-state index in [-0.39, 0.29) is 11.5 Å². The van der Waals surface area contributed by atoms with Gasteiger partial charge in [-0.05, 0) is 25.5 Å². The van der Waals surface area contributed by atoms with Gasteiger partial charge in [0.1, 0.15) is 9.84 Å². The lowest BCUT2D eigenvalue weighted by Crippen LogP contribution is -2.09. The van der Waals surface area contributed by atoms with Crippen molar-refractivity contribution < 1.29 is 17.5 Å². The summed E-state index contributed by atoms with van der Waals surface area (Å²) >= 11 is 0. The SMILES string of the molecule is CCOc1ccc(NCCCS(C)(=O)=O)cc1F. The number of hydrogen-bond acceptors (Lipinski definition) is 4. The van der Waals surface area contributed by atoms with Gasteiger partial charge in [-0.15, -0.1) is 0 Å². The second-order valence-corrected chi connectivity index (χ2v) is 6.25. The molecule has 0 aliphatic carbocycles. The molecule has 0 aliphatic rings. The van der Waals surface area contributed by atoms with Crippen LogP contribution in [0.5, 0.6) is 5.75 Å². The van der Waals surface area contributed by atoms with Gasteiger partial charge in [-0.25, -0.2) is 12.8 Å². The van der Waals surface area contributed by atoms with E-state index in [4.69, 9.17) is 4.74 Å². The summed E-state index contributed by atoms with van der Waals surface area (Å²) < 4.78 is 40.4.